The van der Waals surface area contributed by atoms with Crippen LogP contribution in [0.2, 0.25) is 0 Å². The number of ketones is 1. The first-order chi connectivity index (χ1) is 9.88. The van der Waals surface area contributed by atoms with Crippen molar-refractivity contribution in [2.24, 2.45) is 11.8 Å². The second-order valence-electron chi connectivity index (χ2n) is 5.58. The van der Waals surface area contributed by atoms with Gasteiger partial charge in [0.1, 0.15) is 0 Å². The van der Waals surface area contributed by atoms with Gasteiger partial charge in [-0.05, 0) is 29.5 Å². The normalized spacial score (nSPS) is 12.8. The van der Waals surface area contributed by atoms with E-state index in [-0.39, 0.29) is 24.7 Å². The van der Waals surface area contributed by atoms with Gasteiger partial charge in [-0.15, -0.1) is 0 Å². The Morgan fingerprint density at radius 3 is 2.62 bits per heavy atom. The first-order valence-corrected chi connectivity index (χ1v) is 7.66. The summed E-state index contributed by atoms with van der Waals surface area (Å²) in [6.07, 6.45) is 1.93. The molecule has 1 atom stereocenters. The summed E-state index contributed by atoms with van der Waals surface area (Å²) in [6.45, 7) is 3.86. The number of aromatic nitrogens is 1. The summed E-state index contributed by atoms with van der Waals surface area (Å²) in [5.74, 6) is -1.64. The number of carboxylic acid groups (broad SMARTS) is 1. The van der Waals surface area contributed by atoms with E-state index in [0.717, 1.165) is 15.4 Å². The van der Waals surface area contributed by atoms with Gasteiger partial charge in [0.25, 0.3) is 0 Å². The van der Waals surface area contributed by atoms with Crippen molar-refractivity contribution in [3.8, 4) is 0 Å². The molecule has 1 unspecified atom stereocenters. The zero-order valence-electron chi connectivity index (χ0n) is 12.0. The predicted molar refractivity (Wildman–Crippen MR) is 85.2 cm³/mol. The molecule has 0 aliphatic carbocycles. The van der Waals surface area contributed by atoms with Crippen LogP contribution in [0.4, 0.5) is 0 Å². The van der Waals surface area contributed by atoms with Crippen LogP contribution in [-0.4, -0.2) is 21.4 Å². The molecule has 0 bridgehead atoms. The molecule has 0 radical (unpaired) electrons. The van der Waals surface area contributed by atoms with E-state index in [9.17, 15) is 9.59 Å². The lowest BCUT2D eigenvalue weighted by atomic mass is 9.91. The maximum Gasteiger partial charge on any atom is 0.307 e. The summed E-state index contributed by atoms with van der Waals surface area (Å²) in [6, 6.07) is 7.84. The van der Waals surface area contributed by atoms with Gasteiger partial charge in [0.15, 0.2) is 5.78 Å². The number of carbonyl (C=O) groups excluding carboxylic acids is 1. The van der Waals surface area contributed by atoms with Crippen molar-refractivity contribution in [1.29, 1.82) is 0 Å². The molecule has 4 nitrogen and oxygen atoms in total. The van der Waals surface area contributed by atoms with Crippen molar-refractivity contribution >= 4 is 38.6 Å². The molecule has 0 spiro atoms. The number of nitrogens with zero attached hydrogens (tertiary/aromatic N) is 1. The Morgan fingerprint density at radius 2 is 2.00 bits per heavy atom. The number of carboxylic acids is 1. The van der Waals surface area contributed by atoms with Crippen LogP contribution in [0.15, 0.2) is 34.9 Å². The molecule has 0 amide bonds. The van der Waals surface area contributed by atoms with Crippen LogP contribution in [0.25, 0.3) is 10.9 Å². The molecule has 0 saturated heterocycles. The molecule has 1 aromatic carbocycles. The molecule has 0 aliphatic rings. The molecule has 5 heteroatoms. The second kappa shape index (κ2) is 6.43. The fraction of sp³-hybridized carbons (Fsp3) is 0.375. The van der Waals surface area contributed by atoms with Crippen LogP contribution < -0.4 is 0 Å². The number of hydrogen-bond donors (Lipinski definition) is 1. The Labute approximate surface area is 131 Å². The van der Waals surface area contributed by atoms with E-state index in [1.807, 2.05) is 48.9 Å². The SMILES string of the molecule is CC(C)C(CC(=O)Cn1ccc2ccc(Br)cc21)C(=O)O. The summed E-state index contributed by atoms with van der Waals surface area (Å²) >= 11 is 3.42. The number of carbonyl (C=O) groups is 2. The van der Waals surface area contributed by atoms with E-state index in [1.54, 1.807) is 0 Å². The third-order valence-electron chi connectivity index (χ3n) is 3.65. The fourth-order valence-corrected chi connectivity index (χ4v) is 2.75. The lowest BCUT2D eigenvalue weighted by Gasteiger charge is -2.15. The summed E-state index contributed by atoms with van der Waals surface area (Å²) in [5, 5.41) is 10.2. The van der Waals surface area contributed by atoms with Crippen LogP contribution in [-0.2, 0) is 16.1 Å². The van der Waals surface area contributed by atoms with Crippen LogP contribution in [0.1, 0.15) is 20.3 Å². The topological polar surface area (TPSA) is 59.3 Å². The second-order valence-corrected chi connectivity index (χ2v) is 6.49. The summed E-state index contributed by atoms with van der Waals surface area (Å²) in [4.78, 5) is 23.3. The molecule has 1 aromatic heterocycles. The van der Waals surface area contributed by atoms with E-state index in [4.69, 9.17) is 5.11 Å². The monoisotopic (exact) mass is 351 g/mol. The van der Waals surface area contributed by atoms with Gasteiger partial charge in [-0.2, -0.15) is 0 Å². The van der Waals surface area contributed by atoms with Crippen molar-refractivity contribution in [2.45, 2.75) is 26.8 Å². The maximum atomic E-state index is 12.2. The number of benzene rings is 1. The lowest BCUT2D eigenvalue weighted by Crippen LogP contribution is -2.24. The van der Waals surface area contributed by atoms with Gasteiger partial charge in [-0.3, -0.25) is 9.59 Å². The van der Waals surface area contributed by atoms with Crippen LogP contribution in [0.5, 0.6) is 0 Å². The van der Waals surface area contributed by atoms with E-state index in [0.29, 0.717) is 0 Å². The van der Waals surface area contributed by atoms with Crippen LogP contribution >= 0.6 is 15.9 Å². The minimum atomic E-state index is -0.904. The summed E-state index contributed by atoms with van der Waals surface area (Å²) in [5.41, 5.74) is 0.967. The summed E-state index contributed by atoms with van der Waals surface area (Å²) < 4.78 is 2.81. The third kappa shape index (κ3) is 3.73. The van der Waals surface area contributed by atoms with Gasteiger partial charge in [0.05, 0.1) is 12.5 Å². The average Bonchev–Trinajstić information content (AvgIpc) is 2.78. The molecule has 112 valence electrons. The van der Waals surface area contributed by atoms with Crippen LogP contribution in [0.3, 0.4) is 0 Å². The van der Waals surface area contributed by atoms with Crippen LogP contribution in [0, 0.1) is 11.8 Å². The zero-order valence-corrected chi connectivity index (χ0v) is 13.6. The van der Waals surface area contributed by atoms with Crippen molar-refractivity contribution in [1.82, 2.24) is 4.57 Å². The average molecular weight is 352 g/mol. The molecule has 2 rings (SSSR count). The molecule has 1 N–H and O–H groups in total. The molecule has 21 heavy (non-hydrogen) atoms. The first-order valence-electron chi connectivity index (χ1n) is 6.87. The quantitative estimate of drug-likeness (QED) is 0.862. The molecular formula is C16H18BrNO3. The van der Waals surface area contributed by atoms with Gasteiger partial charge in [-0.25, -0.2) is 0 Å². The Bertz CT molecular complexity index is 675. The maximum absolute atomic E-state index is 12.2. The Morgan fingerprint density at radius 1 is 1.29 bits per heavy atom. The first kappa shape index (κ1) is 15.8. The number of fused-ring (bicyclic) bond motifs is 1. The van der Waals surface area contributed by atoms with Gasteiger partial charge in [0, 0.05) is 22.6 Å². The zero-order chi connectivity index (χ0) is 15.6. The Balaban J connectivity index is 2.14. The highest BCUT2D eigenvalue weighted by Crippen LogP contribution is 2.22. The van der Waals surface area contributed by atoms with E-state index in [2.05, 4.69) is 15.9 Å². The van der Waals surface area contributed by atoms with Crippen molar-refractivity contribution in [3.05, 3.63) is 34.9 Å². The number of aliphatic carboxylic acids is 1. The lowest BCUT2D eigenvalue weighted by molar-refractivity contribution is -0.145. The predicted octanol–water partition coefficient (Wildman–Crippen LogP) is 3.72. The van der Waals surface area contributed by atoms with Crippen molar-refractivity contribution < 1.29 is 14.7 Å². The minimum absolute atomic E-state index is 0.0537. The molecular weight excluding hydrogens is 334 g/mol. The molecule has 0 aliphatic heterocycles. The number of halogens is 1. The molecule has 0 fully saturated rings. The highest BCUT2D eigenvalue weighted by atomic mass is 79.9. The van der Waals surface area contributed by atoms with Crippen molar-refractivity contribution in [3.63, 3.8) is 0 Å². The third-order valence-corrected chi connectivity index (χ3v) is 4.15. The smallest absolute Gasteiger partial charge is 0.307 e. The summed E-state index contributed by atoms with van der Waals surface area (Å²) in [7, 11) is 0. The number of Topliss-reactive ketones (excluding diaryl/α,β-unsaturated/α-hetero) is 1. The molecule has 1 heterocycles. The van der Waals surface area contributed by atoms with Gasteiger partial charge >= 0.3 is 5.97 Å². The van der Waals surface area contributed by atoms with E-state index in [1.165, 1.54) is 0 Å². The Kier molecular flexibility index (Phi) is 4.83. The minimum Gasteiger partial charge on any atom is -0.481 e. The highest BCUT2D eigenvalue weighted by molar-refractivity contribution is 9.10. The molecule has 0 saturated carbocycles. The Hall–Kier alpha value is -1.62. The van der Waals surface area contributed by atoms with Gasteiger partial charge in [-0.1, -0.05) is 35.8 Å². The standard InChI is InChI=1S/C16H18BrNO3/c1-10(2)14(16(20)21)8-13(19)9-18-6-5-11-3-4-12(17)7-15(11)18/h3-7,10,14H,8-9H2,1-2H3,(H,20,21). The highest BCUT2D eigenvalue weighted by Gasteiger charge is 2.24. The fourth-order valence-electron chi connectivity index (χ4n) is 2.40. The number of rotatable bonds is 6. The largest absolute Gasteiger partial charge is 0.481 e. The van der Waals surface area contributed by atoms with Gasteiger partial charge in [0.2, 0.25) is 0 Å². The molecule has 2 aromatic rings. The van der Waals surface area contributed by atoms with Crippen molar-refractivity contribution in [2.75, 3.05) is 0 Å². The van der Waals surface area contributed by atoms with Gasteiger partial charge < -0.3 is 9.67 Å². The number of hydrogen-bond acceptors (Lipinski definition) is 2. The van der Waals surface area contributed by atoms with E-state index < -0.39 is 11.9 Å². The van der Waals surface area contributed by atoms with E-state index >= 15 is 0 Å².